The van der Waals surface area contributed by atoms with Crippen LogP contribution in [0.25, 0.3) is 0 Å². The second-order valence-electron chi connectivity index (χ2n) is 5.09. The summed E-state index contributed by atoms with van der Waals surface area (Å²) < 4.78 is 13.9. The van der Waals surface area contributed by atoms with Crippen LogP contribution in [0.1, 0.15) is 32.1 Å². The average Bonchev–Trinajstić information content (AvgIpc) is 2.43. The van der Waals surface area contributed by atoms with Gasteiger partial charge in [-0.25, -0.2) is 4.39 Å². The minimum atomic E-state index is -0.806. The quantitative estimate of drug-likeness (QED) is 0.808. The molecule has 0 aromatic heterocycles. The molecule has 20 heavy (non-hydrogen) atoms. The molecule has 1 fully saturated rings. The molecule has 3 nitrogen and oxygen atoms in total. The molecule has 1 aliphatic rings. The van der Waals surface area contributed by atoms with Gasteiger partial charge in [-0.1, -0.05) is 31.5 Å². The summed E-state index contributed by atoms with van der Waals surface area (Å²) in [5, 5.41) is 2.75. The van der Waals surface area contributed by atoms with Crippen LogP contribution in [0.2, 0.25) is 0 Å². The van der Waals surface area contributed by atoms with Gasteiger partial charge in [-0.15, -0.1) is 0 Å². The first kappa shape index (κ1) is 15.4. The second-order valence-corrected chi connectivity index (χ2v) is 6.38. The Bertz CT molecular complexity index is 544. The normalized spacial score (nSPS) is 17.5. The highest BCUT2D eigenvalue weighted by Crippen LogP contribution is 2.38. The van der Waals surface area contributed by atoms with Crippen molar-refractivity contribution in [3.63, 3.8) is 0 Å². The van der Waals surface area contributed by atoms with Gasteiger partial charge in [0.05, 0.1) is 16.1 Å². The lowest BCUT2D eigenvalue weighted by atomic mass is 9.73. The van der Waals surface area contributed by atoms with E-state index in [1.807, 2.05) is 0 Å². The number of hydrogen-bond donors (Lipinski definition) is 2. The van der Waals surface area contributed by atoms with Crippen LogP contribution >= 0.6 is 28.1 Å². The predicted octanol–water partition coefficient (Wildman–Crippen LogP) is 3.76. The van der Waals surface area contributed by atoms with Crippen molar-refractivity contribution in [1.82, 2.24) is 0 Å². The van der Waals surface area contributed by atoms with E-state index >= 15 is 0 Å². The third-order valence-electron chi connectivity index (χ3n) is 3.79. The Morgan fingerprint density at radius 3 is 2.60 bits per heavy atom. The highest BCUT2D eigenvalue weighted by atomic mass is 79.9. The summed E-state index contributed by atoms with van der Waals surface area (Å²) in [6.45, 7) is 0. The Hall–Kier alpha value is -1.01. The Morgan fingerprint density at radius 2 is 2.00 bits per heavy atom. The maximum atomic E-state index is 13.3. The number of thiocarbonyl (C=S) groups is 1. The molecule has 0 bridgehead atoms. The highest BCUT2D eigenvalue weighted by Gasteiger charge is 2.42. The molecule has 0 spiro atoms. The van der Waals surface area contributed by atoms with Crippen LogP contribution in [0.4, 0.5) is 10.1 Å². The fraction of sp³-hybridized carbons (Fsp3) is 0.429. The maximum absolute atomic E-state index is 13.3. The van der Waals surface area contributed by atoms with E-state index in [0.29, 0.717) is 23.0 Å². The van der Waals surface area contributed by atoms with Gasteiger partial charge in [0.1, 0.15) is 5.82 Å². The Labute approximate surface area is 131 Å². The number of nitrogens with one attached hydrogen (secondary N) is 1. The Kier molecular flexibility index (Phi) is 4.75. The molecule has 0 unspecified atom stereocenters. The van der Waals surface area contributed by atoms with Gasteiger partial charge >= 0.3 is 0 Å². The number of hydrogen-bond acceptors (Lipinski definition) is 2. The minimum Gasteiger partial charge on any atom is -0.392 e. The third-order valence-corrected chi connectivity index (χ3v) is 4.87. The van der Waals surface area contributed by atoms with Gasteiger partial charge in [-0.05, 0) is 47.0 Å². The largest absolute Gasteiger partial charge is 0.392 e. The van der Waals surface area contributed by atoms with Gasteiger partial charge in [-0.2, -0.15) is 0 Å². The number of nitrogens with two attached hydrogens (primary N) is 1. The van der Waals surface area contributed by atoms with E-state index in [2.05, 4.69) is 21.2 Å². The Balaban J connectivity index is 2.25. The lowest BCUT2D eigenvalue weighted by Crippen LogP contribution is -2.47. The van der Waals surface area contributed by atoms with E-state index in [1.165, 1.54) is 12.1 Å². The standard InChI is InChI=1S/C14H16BrFN2OS/c15-10-5-4-9(16)8-11(10)18-13(19)14(12(17)20)6-2-1-3-7-14/h4-5,8H,1-3,6-7H2,(H2,17,20)(H,18,19). The average molecular weight is 359 g/mol. The molecule has 3 N–H and O–H groups in total. The van der Waals surface area contributed by atoms with Gasteiger partial charge in [0.15, 0.2) is 0 Å². The van der Waals surface area contributed by atoms with Crippen molar-refractivity contribution in [1.29, 1.82) is 0 Å². The van der Waals surface area contributed by atoms with Gasteiger partial charge < -0.3 is 11.1 Å². The van der Waals surface area contributed by atoms with E-state index in [-0.39, 0.29) is 10.9 Å². The van der Waals surface area contributed by atoms with E-state index in [9.17, 15) is 9.18 Å². The molecule has 0 radical (unpaired) electrons. The van der Waals surface area contributed by atoms with Crippen molar-refractivity contribution in [2.45, 2.75) is 32.1 Å². The van der Waals surface area contributed by atoms with Crippen LogP contribution in [-0.4, -0.2) is 10.9 Å². The molecule has 1 aromatic rings. The Morgan fingerprint density at radius 1 is 1.35 bits per heavy atom. The summed E-state index contributed by atoms with van der Waals surface area (Å²) in [4.78, 5) is 12.8. The zero-order valence-corrected chi connectivity index (χ0v) is 13.3. The van der Waals surface area contributed by atoms with E-state index in [4.69, 9.17) is 18.0 Å². The van der Waals surface area contributed by atoms with E-state index in [1.54, 1.807) is 6.07 Å². The van der Waals surface area contributed by atoms with Gasteiger partial charge in [0.25, 0.3) is 0 Å². The molecule has 108 valence electrons. The van der Waals surface area contributed by atoms with Crippen LogP contribution in [0.15, 0.2) is 22.7 Å². The van der Waals surface area contributed by atoms with Crippen LogP contribution in [-0.2, 0) is 4.79 Å². The zero-order valence-electron chi connectivity index (χ0n) is 10.9. The maximum Gasteiger partial charge on any atom is 0.237 e. The second kappa shape index (κ2) is 6.18. The fourth-order valence-corrected chi connectivity index (χ4v) is 3.22. The first-order valence-electron chi connectivity index (χ1n) is 6.52. The number of amides is 1. The summed E-state index contributed by atoms with van der Waals surface area (Å²) in [6, 6.07) is 4.15. The van der Waals surface area contributed by atoms with Crippen LogP contribution < -0.4 is 11.1 Å². The topological polar surface area (TPSA) is 55.1 Å². The lowest BCUT2D eigenvalue weighted by Gasteiger charge is -2.34. The third kappa shape index (κ3) is 3.01. The predicted molar refractivity (Wildman–Crippen MR) is 85.0 cm³/mol. The number of carbonyl (C=O) groups excluding carboxylic acids is 1. The molecule has 1 saturated carbocycles. The molecule has 1 aliphatic carbocycles. The van der Waals surface area contributed by atoms with Gasteiger partial charge in [0, 0.05) is 4.47 Å². The smallest absolute Gasteiger partial charge is 0.237 e. The first-order chi connectivity index (χ1) is 9.45. The van der Waals surface area contributed by atoms with Crippen molar-refractivity contribution in [3.05, 3.63) is 28.5 Å². The van der Waals surface area contributed by atoms with Crippen LogP contribution in [0.3, 0.4) is 0 Å². The van der Waals surface area contributed by atoms with Crippen molar-refractivity contribution in [2.24, 2.45) is 11.1 Å². The highest BCUT2D eigenvalue weighted by molar-refractivity contribution is 9.10. The van der Waals surface area contributed by atoms with E-state index in [0.717, 1.165) is 19.3 Å². The number of carbonyl (C=O) groups is 1. The van der Waals surface area contributed by atoms with Crippen molar-refractivity contribution in [3.8, 4) is 0 Å². The van der Waals surface area contributed by atoms with Crippen LogP contribution in [0, 0.1) is 11.2 Å². The fourth-order valence-electron chi connectivity index (χ4n) is 2.58. The summed E-state index contributed by atoms with van der Waals surface area (Å²) in [5.74, 6) is -0.646. The summed E-state index contributed by atoms with van der Waals surface area (Å²) >= 11 is 8.40. The molecule has 1 aromatic carbocycles. The molecule has 0 saturated heterocycles. The van der Waals surface area contributed by atoms with Gasteiger partial charge in [-0.3, -0.25) is 4.79 Å². The van der Waals surface area contributed by atoms with Crippen molar-refractivity contribution < 1.29 is 9.18 Å². The molecular weight excluding hydrogens is 343 g/mol. The number of rotatable bonds is 3. The molecule has 6 heteroatoms. The molecular formula is C14H16BrFN2OS. The number of halogens is 2. The minimum absolute atomic E-state index is 0.224. The van der Waals surface area contributed by atoms with E-state index < -0.39 is 11.2 Å². The number of anilines is 1. The summed E-state index contributed by atoms with van der Waals surface area (Å²) in [7, 11) is 0. The SMILES string of the molecule is NC(=S)C1(C(=O)Nc2cc(F)ccc2Br)CCCCC1. The van der Waals surface area contributed by atoms with Gasteiger partial charge in [0.2, 0.25) is 5.91 Å². The molecule has 0 atom stereocenters. The lowest BCUT2D eigenvalue weighted by molar-refractivity contribution is -0.123. The molecule has 2 rings (SSSR count). The zero-order chi connectivity index (χ0) is 14.8. The van der Waals surface area contributed by atoms with Crippen molar-refractivity contribution in [2.75, 3.05) is 5.32 Å². The molecule has 0 aliphatic heterocycles. The van der Waals surface area contributed by atoms with Crippen molar-refractivity contribution >= 4 is 44.7 Å². The summed E-state index contributed by atoms with van der Waals surface area (Å²) in [6.07, 6.45) is 4.24. The molecule has 0 heterocycles. The molecule has 1 amide bonds. The number of benzene rings is 1. The first-order valence-corrected chi connectivity index (χ1v) is 7.72. The summed E-state index contributed by atoms with van der Waals surface area (Å²) in [5.41, 5.74) is 5.40. The monoisotopic (exact) mass is 358 g/mol. The van der Waals surface area contributed by atoms with Crippen LogP contribution in [0.5, 0.6) is 0 Å².